The number of aliphatic hydroxyl groups is 1. The van der Waals surface area contributed by atoms with Gasteiger partial charge in [0.1, 0.15) is 12.4 Å². The number of anilines is 1. The summed E-state index contributed by atoms with van der Waals surface area (Å²) in [7, 11) is 0. The molecule has 120 valence electrons. The highest BCUT2D eigenvalue weighted by atomic mass is 19.4. The van der Waals surface area contributed by atoms with Crippen LogP contribution in [0.4, 0.5) is 23.2 Å². The molecule has 0 saturated heterocycles. The average Bonchev–Trinajstić information content (AvgIpc) is 2.34. The van der Waals surface area contributed by atoms with Crippen molar-refractivity contribution in [3.63, 3.8) is 0 Å². The molecule has 0 unspecified atom stereocenters. The first kappa shape index (κ1) is 17.7. The molecule has 0 aliphatic carbocycles. The summed E-state index contributed by atoms with van der Waals surface area (Å²) >= 11 is 0. The van der Waals surface area contributed by atoms with E-state index in [1.807, 2.05) is 13.8 Å². The van der Waals surface area contributed by atoms with Gasteiger partial charge in [-0.05, 0) is 12.1 Å². The Bertz CT molecular complexity index is 449. The van der Waals surface area contributed by atoms with Gasteiger partial charge in [-0.25, -0.2) is 4.39 Å². The fourth-order valence-electron chi connectivity index (χ4n) is 1.95. The predicted molar refractivity (Wildman–Crippen MR) is 73.7 cm³/mol. The number of rotatable bonds is 7. The maximum absolute atomic E-state index is 13.9. The van der Waals surface area contributed by atoms with Crippen molar-refractivity contribution in [2.24, 2.45) is 0 Å². The summed E-state index contributed by atoms with van der Waals surface area (Å²) in [6, 6.07) is 4.09. The normalized spacial score (nSPS) is 12.0. The number of aliphatic hydroxyl groups excluding tert-OH is 1. The number of hydrogen-bond donors (Lipinski definition) is 2. The molecule has 0 saturated carbocycles. The average molecular weight is 308 g/mol. The lowest BCUT2D eigenvalue weighted by molar-refractivity contribution is -0.119. The predicted octanol–water partition coefficient (Wildman–Crippen LogP) is 2.68. The third-order valence-electron chi connectivity index (χ3n) is 2.86. The minimum atomic E-state index is -4.43. The molecule has 0 aliphatic heterocycles. The SMILES string of the molecule is CC(C)NCc1c(F)cccc1N(CCO)CC(F)(F)F. The van der Waals surface area contributed by atoms with Gasteiger partial charge in [-0.3, -0.25) is 0 Å². The van der Waals surface area contributed by atoms with Crippen LogP contribution >= 0.6 is 0 Å². The second-order valence-electron chi connectivity index (χ2n) is 5.03. The van der Waals surface area contributed by atoms with Gasteiger partial charge in [-0.1, -0.05) is 19.9 Å². The van der Waals surface area contributed by atoms with Gasteiger partial charge in [0.2, 0.25) is 0 Å². The van der Waals surface area contributed by atoms with Crippen LogP contribution < -0.4 is 10.2 Å². The molecule has 1 rings (SSSR count). The Labute approximate surface area is 121 Å². The Morgan fingerprint density at radius 1 is 1.29 bits per heavy atom. The van der Waals surface area contributed by atoms with Crippen LogP contribution in [0.3, 0.4) is 0 Å². The Morgan fingerprint density at radius 3 is 2.48 bits per heavy atom. The highest BCUT2D eigenvalue weighted by Crippen LogP contribution is 2.27. The highest BCUT2D eigenvalue weighted by molar-refractivity contribution is 5.54. The molecule has 1 aromatic carbocycles. The molecule has 7 heteroatoms. The number of hydrogen-bond acceptors (Lipinski definition) is 3. The quantitative estimate of drug-likeness (QED) is 0.760. The second kappa shape index (κ2) is 7.61. The van der Waals surface area contributed by atoms with Gasteiger partial charge in [-0.2, -0.15) is 13.2 Å². The molecule has 0 aliphatic rings. The van der Waals surface area contributed by atoms with E-state index in [0.717, 1.165) is 4.90 Å². The molecular formula is C14H20F4N2O. The molecule has 0 fully saturated rings. The first-order valence-electron chi connectivity index (χ1n) is 6.68. The van der Waals surface area contributed by atoms with Crippen LogP contribution in [0, 0.1) is 5.82 Å². The van der Waals surface area contributed by atoms with Gasteiger partial charge in [0.05, 0.1) is 6.61 Å². The monoisotopic (exact) mass is 308 g/mol. The van der Waals surface area contributed by atoms with Gasteiger partial charge in [0, 0.05) is 30.4 Å². The molecule has 0 heterocycles. The van der Waals surface area contributed by atoms with E-state index < -0.39 is 25.1 Å². The highest BCUT2D eigenvalue weighted by Gasteiger charge is 2.31. The fraction of sp³-hybridized carbons (Fsp3) is 0.571. The van der Waals surface area contributed by atoms with E-state index in [0.29, 0.717) is 0 Å². The molecule has 1 aromatic rings. The van der Waals surface area contributed by atoms with Crippen molar-refractivity contribution in [3.05, 3.63) is 29.6 Å². The van der Waals surface area contributed by atoms with Gasteiger partial charge < -0.3 is 15.3 Å². The summed E-state index contributed by atoms with van der Waals surface area (Å²) in [6.45, 7) is 1.97. The lowest BCUT2D eigenvalue weighted by atomic mass is 10.1. The van der Waals surface area contributed by atoms with Crippen LogP contribution in [-0.2, 0) is 6.54 Å². The second-order valence-corrected chi connectivity index (χ2v) is 5.03. The number of halogens is 4. The van der Waals surface area contributed by atoms with Crippen LogP contribution in [-0.4, -0.2) is 37.0 Å². The summed E-state index contributed by atoms with van der Waals surface area (Å²) in [5.41, 5.74) is 0.318. The lowest BCUT2D eigenvalue weighted by Gasteiger charge is -2.28. The van der Waals surface area contributed by atoms with Gasteiger partial charge in [0.25, 0.3) is 0 Å². The standard InChI is InChI=1S/C14H20F4N2O/c1-10(2)19-8-11-12(15)4-3-5-13(11)20(6-7-21)9-14(16,17)18/h3-5,10,19,21H,6-9H2,1-2H3. The Hall–Kier alpha value is -1.34. The van der Waals surface area contributed by atoms with Crippen molar-refractivity contribution >= 4 is 5.69 Å². The first-order valence-corrected chi connectivity index (χ1v) is 6.68. The van der Waals surface area contributed by atoms with E-state index in [2.05, 4.69) is 5.32 Å². The van der Waals surface area contributed by atoms with Crippen LogP contribution in [0.5, 0.6) is 0 Å². The molecule has 0 atom stereocenters. The minimum absolute atomic E-state index is 0.0753. The molecule has 3 nitrogen and oxygen atoms in total. The van der Waals surface area contributed by atoms with Crippen molar-refractivity contribution in [1.29, 1.82) is 0 Å². The molecule has 0 bridgehead atoms. The van der Waals surface area contributed by atoms with E-state index in [4.69, 9.17) is 5.11 Å². The minimum Gasteiger partial charge on any atom is -0.395 e. The Balaban J connectivity index is 3.08. The zero-order valence-electron chi connectivity index (χ0n) is 12.0. The maximum atomic E-state index is 13.9. The molecule has 0 spiro atoms. The zero-order chi connectivity index (χ0) is 16.0. The zero-order valence-corrected chi connectivity index (χ0v) is 12.0. The van der Waals surface area contributed by atoms with E-state index in [1.54, 1.807) is 0 Å². The molecule has 0 amide bonds. The Kier molecular flexibility index (Phi) is 6.42. The largest absolute Gasteiger partial charge is 0.405 e. The van der Waals surface area contributed by atoms with Crippen molar-refractivity contribution in [2.45, 2.75) is 32.6 Å². The van der Waals surface area contributed by atoms with E-state index in [9.17, 15) is 17.6 Å². The summed E-state index contributed by atoms with van der Waals surface area (Å²) in [5, 5.41) is 11.9. The summed E-state index contributed by atoms with van der Waals surface area (Å²) in [5.74, 6) is -0.564. The van der Waals surface area contributed by atoms with Crippen LogP contribution in [0.25, 0.3) is 0 Å². The smallest absolute Gasteiger partial charge is 0.395 e. The van der Waals surface area contributed by atoms with Gasteiger partial charge >= 0.3 is 6.18 Å². The Morgan fingerprint density at radius 2 is 1.95 bits per heavy atom. The number of benzene rings is 1. The van der Waals surface area contributed by atoms with Crippen molar-refractivity contribution < 1.29 is 22.7 Å². The third kappa shape index (κ3) is 5.89. The van der Waals surface area contributed by atoms with Gasteiger partial charge in [-0.15, -0.1) is 0 Å². The number of nitrogens with one attached hydrogen (secondary N) is 1. The molecule has 21 heavy (non-hydrogen) atoms. The summed E-state index contributed by atoms with van der Waals surface area (Å²) in [6.07, 6.45) is -4.43. The molecule has 0 radical (unpaired) electrons. The molecular weight excluding hydrogens is 288 g/mol. The molecule has 0 aromatic heterocycles. The fourth-order valence-corrected chi connectivity index (χ4v) is 1.95. The van der Waals surface area contributed by atoms with Crippen LogP contribution in [0.15, 0.2) is 18.2 Å². The summed E-state index contributed by atoms with van der Waals surface area (Å²) in [4.78, 5) is 0.945. The van der Waals surface area contributed by atoms with Crippen LogP contribution in [0.2, 0.25) is 0 Å². The third-order valence-corrected chi connectivity index (χ3v) is 2.86. The van der Waals surface area contributed by atoms with Crippen molar-refractivity contribution in [2.75, 3.05) is 24.6 Å². The van der Waals surface area contributed by atoms with E-state index in [1.165, 1.54) is 18.2 Å². The van der Waals surface area contributed by atoms with Crippen molar-refractivity contribution in [3.8, 4) is 0 Å². The maximum Gasteiger partial charge on any atom is 0.405 e. The van der Waals surface area contributed by atoms with Crippen LogP contribution in [0.1, 0.15) is 19.4 Å². The lowest BCUT2D eigenvalue weighted by Crippen LogP contribution is -2.37. The number of alkyl halides is 3. The topological polar surface area (TPSA) is 35.5 Å². The van der Waals surface area contributed by atoms with E-state index >= 15 is 0 Å². The van der Waals surface area contributed by atoms with Crippen molar-refractivity contribution in [1.82, 2.24) is 5.32 Å². The van der Waals surface area contributed by atoms with E-state index in [-0.39, 0.29) is 30.4 Å². The summed E-state index contributed by atoms with van der Waals surface area (Å²) < 4.78 is 51.8. The number of nitrogens with zero attached hydrogens (tertiary/aromatic N) is 1. The first-order chi connectivity index (χ1) is 9.74. The molecule has 2 N–H and O–H groups in total. The van der Waals surface area contributed by atoms with Gasteiger partial charge in [0.15, 0.2) is 0 Å².